The number of aromatic amines is 1. The van der Waals surface area contributed by atoms with E-state index >= 15 is 0 Å². The van der Waals surface area contributed by atoms with Gasteiger partial charge >= 0.3 is 0 Å². The number of hydrogen-bond acceptors (Lipinski definition) is 5. The van der Waals surface area contributed by atoms with Crippen molar-refractivity contribution in [1.82, 2.24) is 10.3 Å². The molecule has 4 rings (SSSR count). The Labute approximate surface area is 187 Å². The minimum atomic E-state index is -3.61. The summed E-state index contributed by atoms with van der Waals surface area (Å²) in [7, 11) is -3.61. The molecule has 1 heterocycles. The molecule has 9 heteroatoms. The van der Waals surface area contributed by atoms with E-state index in [1.807, 2.05) is 12.1 Å². The van der Waals surface area contributed by atoms with E-state index in [9.17, 15) is 17.9 Å². The number of nitrogens with one attached hydrogen (secondary N) is 3. The van der Waals surface area contributed by atoms with Crippen molar-refractivity contribution in [2.45, 2.75) is 31.8 Å². The van der Waals surface area contributed by atoms with Crippen LogP contribution in [0.2, 0.25) is 0 Å². The van der Waals surface area contributed by atoms with E-state index in [1.165, 1.54) is 41.6 Å². The molecule has 0 fully saturated rings. The molecule has 2 aromatic carbocycles. The lowest BCUT2D eigenvalue weighted by molar-refractivity contribution is 0.172. The maximum atomic E-state index is 13.8. The highest BCUT2D eigenvalue weighted by atomic mass is 32.2. The van der Waals surface area contributed by atoms with Crippen LogP contribution in [0.1, 0.15) is 35.8 Å². The summed E-state index contributed by atoms with van der Waals surface area (Å²) >= 11 is 0. The quantitative estimate of drug-likeness (QED) is 0.366. The highest BCUT2D eigenvalue weighted by molar-refractivity contribution is 7.92. The molecule has 0 unspecified atom stereocenters. The van der Waals surface area contributed by atoms with Crippen molar-refractivity contribution in [3.05, 3.63) is 59.0 Å². The largest absolute Gasteiger partial charge is 0.492 e. The summed E-state index contributed by atoms with van der Waals surface area (Å²) in [5, 5.41) is 14.7. The average Bonchev–Trinajstić information content (AvgIpc) is 3.11. The van der Waals surface area contributed by atoms with E-state index in [2.05, 4.69) is 21.1 Å². The lowest BCUT2D eigenvalue weighted by atomic mass is 9.96. The number of aliphatic hydroxyl groups is 1. The Morgan fingerprint density at radius 2 is 2.00 bits per heavy atom. The van der Waals surface area contributed by atoms with Crippen molar-refractivity contribution < 1.29 is 22.7 Å². The van der Waals surface area contributed by atoms with E-state index in [4.69, 9.17) is 4.74 Å². The summed E-state index contributed by atoms with van der Waals surface area (Å²) in [6, 6.07) is 9.97. The molecule has 1 aliphatic carbocycles. The third-order valence-electron chi connectivity index (χ3n) is 5.63. The summed E-state index contributed by atoms with van der Waals surface area (Å²) < 4.78 is 44.4. The molecule has 172 valence electrons. The second-order valence-corrected chi connectivity index (χ2v) is 9.93. The van der Waals surface area contributed by atoms with E-state index in [0.29, 0.717) is 18.7 Å². The minimum absolute atomic E-state index is 0.186. The number of aliphatic hydroxyl groups excluding tert-OH is 1. The summed E-state index contributed by atoms with van der Waals surface area (Å²) in [5.74, 6) is 0.0843. The van der Waals surface area contributed by atoms with Gasteiger partial charge in [0, 0.05) is 35.8 Å². The molecule has 0 aliphatic heterocycles. The van der Waals surface area contributed by atoms with Gasteiger partial charge in [0.05, 0.1) is 18.0 Å². The highest BCUT2D eigenvalue weighted by Crippen LogP contribution is 2.31. The molecule has 1 aromatic heterocycles. The lowest BCUT2D eigenvalue weighted by Gasteiger charge is -2.14. The Hall–Kier alpha value is -2.62. The predicted molar refractivity (Wildman–Crippen MR) is 123 cm³/mol. The van der Waals surface area contributed by atoms with Gasteiger partial charge in [-0.15, -0.1) is 0 Å². The van der Waals surface area contributed by atoms with Gasteiger partial charge in [0.15, 0.2) is 0 Å². The van der Waals surface area contributed by atoms with Crippen LogP contribution < -0.4 is 14.8 Å². The van der Waals surface area contributed by atoms with Crippen molar-refractivity contribution in [3.63, 3.8) is 0 Å². The van der Waals surface area contributed by atoms with Crippen molar-refractivity contribution in [1.29, 1.82) is 0 Å². The number of hydrogen-bond donors (Lipinski definition) is 4. The number of rotatable bonds is 9. The number of halogens is 1. The Morgan fingerprint density at radius 1 is 1.19 bits per heavy atom. The number of H-pyrrole nitrogens is 1. The van der Waals surface area contributed by atoms with Gasteiger partial charge in [0.2, 0.25) is 10.0 Å². The molecule has 4 N–H and O–H groups in total. The summed E-state index contributed by atoms with van der Waals surface area (Å²) in [6.07, 6.45) is 4.72. The van der Waals surface area contributed by atoms with Crippen LogP contribution in [0.15, 0.2) is 36.4 Å². The molecular formula is C23H28FN3O4S. The topological polar surface area (TPSA) is 103 Å². The molecule has 0 saturated carbocycles. The van der Waals surface area contributed by atoms with Crippen LogP contribution in [0.4, 0.5) is 10.1 Å². The Morgan fingerprint density at radius 3 is 2.81 bits per heavy atom. The smallest absolute Gasteiger partial charge is 0.229 e. The van der Waals surface area contributed by atoms with Gasteiger partial charge in [-0.2, -0.15) is 0 Å². The number of benzene rings is 2. The monoisotopic (exact) mass is 461 g/mol. The normalized spacial score (nSPS) is 14.8. The first kappa shape index (κ1) is 22.6. The van der Waals surface area contributed by atoms with Gasteiger partial charge in [0.1, 0.15) is 18.2 Å². The molecule has 1 atom stereocenters. The predicted octanol–water partition coefficient (Wildman–Crippen LogP) is 3.26. The fraction of sp³-hybridized carbons (Fsp3) is 0.391. The van der Waals surface area contributed by atoms with Crippen LogP contribution >= 0.6 is 0 Å². The molecule has 3 aromatic rings. The van der Waals surface area contributed by atoms with Crippen LogP contribution in [0.25, 0.3) is 10.9 Å². The van der Waals surface area contributed by atoms with E-state index < -0.39 is 21.9 Å². The fourth-order valence-corrected chi connectivity index (χ4v) is 4.66. The van der Waals surface area contributed by atoms with Gasteiger partial charge in [-0.1, -0.05) is 6.07 Å². The molecule has 0 spiro atoms. The Kier molecular flexibility index (Phi) is 6.68. The second kappa shape index (κ2) is 9.48. The molecule has 0 radical (unpaired) electrons. The van der Waals surface area contributed by atoms with Gasteiger partial charge in [0.25, 0.3) is 0 Å². The first-order chi connectivity index (χ1) is 15.3. The molecule has 0 saturated heterocycles. The Bertz CT molecular complexity index is 1210. The number of fused-ring (bicyclic) bond motifs is 3. The van der Waals surface area contributed by atoms with Gasteiger partial charge in [-0.3, -0.25) is 4.72 Å². The highest BCUT2D eigenvalue weighted by Gasteiger charge is 2.16. The number of anilines is 1. The first-order valence-corrected chi connectivity index (χ1v) is 12.6. The van der Waals surface area contributed by atoms with Crippen molar-refractivity contribution in [2.75, 3.05) is 30.7 Å². The van der Waals surface area contributed by atoms with Gasteiger partial charge in [-0.05, 0) is 61.1 Å². The molecule has 1 aliphatic rings. The Balaban J connectivity index is 1.27. The van der Waals surface area contributed by atoms with Crippen LogP contribution in [0.5, 0.6) is 5.75 Å². The molecule has 0 bridgehead atoms. The number of ether oxygens (including phenoxy) is 1. The molecule has 32 heavy (non-hydrogen) atoms. The number of sulfonamides is 1. The zero-order chi connectivity index (χ0) is 22.7. The van der Waals surface area contributed by atoms with E-state index in [1.54, 1.807) is 0 Å². The number of aryl methyl sites for hydroxylation is 2. The third kappa shape index (κ3) is 5.40. The summed E-state index contributed by atoms with van der Waals surface area (Å²) in [4.78, 5) is 3.52. The van der Waals surface area contributed by atoms with Crippen LogP contribution in [-0.4, -0.2) is 44.5 Å². The maximum absolute atomic E-state index is 13.8. The zero-order valence-electron chi connectivity index (χ0n) is 17.9. The lowest BCUT2D eigenvalue weighted by Crippen LogP contribution is -2.26. The standard InChI is InChI=1S/C23H28FN3O4S/c1-32(29,30)27-22-12-15(6-9-19(22)24)23(28)14-25-10-11-31-16-7-8-18-17-4-2-3-5-20(17)26-21(18)13-16/h6-9,12-13,23,25-28H,2-5,10-11,14H2,1H3/t23-/m0/s1. The first-order valence-electron chi connectivity index (χ1n) is 10.7. The third-order valence-corrected chi connectivity index (χ3v) is 6.22. The van der Waals surface area contributed by atoms with Crippen molar-refractivity contribution in [3.8, 4) is 5.75 Å². The summed E-state index contributed by atoms with van der Waals surface area (Å²) in [5.41, 5.74) is 4.10. The van der Waals surface area contributed by atoms with Crippen molar-refractivity contribution in [2.24, 2.45) is 0 Å². The summed E-state index contributed by atoms with van der Waals surface area (Å²) in [6.45, 7) is 1.14. The van der Waals surface area contributed by atoms with E-state index in [-0.39, 0.29) is 12.2 Å². The van der Waals surface area contributed by atoms with Crippen LogP contribution in [0, 0.1) is 5.82 Å². The SMILES string of the molecule is CS(=O)(=O)Nc1cc([C@@H](O)CNCCOc2ccc3c4c([nH]c3c2)CCCC4)ccc1F. The fourth-order valence-electron chi connectivity index (χ4n) is 4.11. The van der Waals surface area contributed by atoms with Gasteiger partial charge < -0.3 is 20.1 Å². The minimum Gasteiger partial charge on any atom is -0.492 e. The molecular weight excluding hydrogens is 433 g/mol. The van der Waals surface area contributed by atoms with Gasteiger partial charge in [-0.25, -0.2) is 12.8 Å². The second-order valence-electron chi connectivity index (χ2n) is 8.18. The van der Waals surface area contributed by atoms with Crippen molar-refractivity contribution >= 4 is 26.6 Å². The molecule has 0 amide bonds. The molecule has 7 nitrogen and oxygen atoms in total. The van der Waals surface area contributed by atoms with Crippen LogP contribution in [0.3, 0.4) is 0 Å². The van der Waals surface area contributed by atoms with E-state index in [0.717, 1.165) is 36.4 Å². The zero-order valence-corrected chi connectivity index (χ0v) is 18.8. The maximum Gasteiger partial charge on any atom is 0.229 e. The average molecular weight is 462 g/mol. The number of aromatic nitrogens is 1. The van der Waals surface area contributed by atoms with Crippen LogP contribution in [-0.2, 0) is 22.9 Å².